The van der Waals surface area contributed by atoms with Crippen LogP contribution in [0.15, 0.2) is 109 Å². The Morgan fingerprint density at radius 3 is 2.10 bits per heavy atom. The van der Waals surface area contributed by atoms with E-state index in [1.807, 2.05) is 11.3 Å². The van der Waals surface area contributed by atoms with Crippen LogP contribution in [0, 0.1) is 0 Å². The summed E-state index contributed by atoms with van der Waals surface area (Å²) in [4.78, 5) is 11.0. The van der Waals surface area contributed by atoms with E-state index in [0.29, 0.717) is 11.0 Å². The van der Waals surface area contributed by atoms with Gasteiger partial charge in [-0.25, -0.2) is 9.97 Å². The Morgan fingerprint density at radius 2 is 1.24 bits per heavy atom. The van der Waals surface area contributed by atoms with Crippen molar-refractivity contribution in [3.8, 4) is 5.82 Å². The lowest BCUT2D eigenvalue weighted by Crippen LogP contribution is -2.00. The van der Waals surface area contributed by atoms with E-state index in [2.05, 4.69) is 114 Å². The van der Waals surface area contributed by atoms with E-state index in [9.17, 15) is 0 Å². The minimum absolute atomic E-state index is 0.407. The van der Waals surface area contributed by atoms with Crippen LogP contribution < -0.4 is 0 Å². The molecule has 0 atom stereocenters. The number of fused-ring (bicyclic) bond motifs is 15. The molecule has 0 aliphatic rings. The van der Waals surface area contributed by atoms with Crippen molar-refractivity contribution in [1.82, 2.24) is 14.5 Å². The quantitative estimate of drug-likeness (QED) is 0.190. The van der Waals surface area contributed by atoms with E-state index >= 15 is 0 Å². The van der Waals surface area contributed by atoms with Crippen LogP contribution in [0.2, 0.25) is 5.15 Å². The summed E-state index contributed by atoms with van der Waals surface area (Å²) < 4.78 is 5.93. The molecule has 0 amide bonds. The standard InChI is InChI=1S/C36H18ClN3S2/c37-34-35(38-31-24-14-6-8-16-26(24)42-36(31)39-34)40-25-15-7-5-13-23(25)28-21-11-3-4-12-22(21)30-29-20-10-2-1-9-19(20)17-18-27(29)41-33(30)32(28)40/h1-18H. The molecule has 10 aromatic rings. The van der Waals surface area contributed by atoms with E-state index in [1.165, 1.54) is 52.5 Å². The number of rotatable bonds is 1. The first-order chi connectivity index (χ1) is 20.8. The third-order valence-electron chi connectivity index (χ3n) is 8.50. The van der Waals surface area contributed by atoms with Crippen LogP contribution in [0.4, 0.5) is 0 Å². The van der Waals surface area contributed by atoms with Crippen LogP contribution in [0.25, 0.3) is 89.8 Å². The Kier molecular flexibility index (Phi) is 4.54. The maximum atomic E-state index is 7.06. The van der Waals surface area contributed by atoms with Crippen molar-refractivity contribution in [2.45, 2.75) is 0 Å². The summed E-state index contributed by atoms with van der Waals surface area (Å²) in [5, 5.41) is 11.5. The Bertz CT molecular complexity index is 2770. The summed E-state index contributed by atoms with van der Waals surface area (Å²) in [6, 6.07) is 39.0. The van der Waals surface area contributed by atoms with Gasteiger partial charge >= 0.3 is 0 Å². The summed E-state index contributed by atoms with van der Waals surface area (Å²) in [7, 11) is 0. The highest BCUT2D eigenvalue weighted by Crippen LogP contribution is 2.49. The summed E-state index contributed by atoms with van der Waals surface area (Å²) >= 11 is 10.5. The molecule has 0 unspecified atom stereocenters. The predicted molar refractivity (Wildman–Crippen MR) is 182 cm³/mol. The number of hydrogen-bond acceptors (Lipinski definition) is 4. The van der Waals surface area contributed by atoms with E-state index in [1.54, 1.807) is 11.3 Å². The average Bonchev–Trinajstić information content (AvgIpc) is 3.70. The molecule has 42 heavy (non-hydrogen) atoms. The molecule has 3 nitrogen and oxygen atoms in total. The largest absolute Gasteiger partial charge is 0.290 e. The fraction of sp³-hybridized carbons (Fsp3) is 0. The van der Waals surface area contributed by atoms with Crippen molar-refractivity contribution >= 4 is 118 Å². The molecule has 0 saturated carbocycles. The van der Waals surface area contributed by atoms with Gasteiger partial charge in [0, 0.05) is 36.3 Å². The van der Waals surface area contributed by atoms with Crippen LogP contribution in [-0.4, -0.2) is 14.5 Å². The van der Waals surface area contributed by atoms with Gasteiger partial charge in [-0.15, -0.1) is 22.7 Å². The monoisotopic (exact) mass is 591 g/mol. The number of benzene rings is 6. The maximum Gasteiger partial charge on any atom is 0.176 e. The number of halogens is 1. The first-order valence-corrected chi connectivity index (χ1v) is 15.8. The molecule has 196 valence electrons. The second-order valence-electron chi connectivity index (χ2n) is 10.7. The summed E-state index contributed by atoms with van der Waals surface area (Å²) in [6.07, 6.45) is 0. The minimum atomic E-state index is 0.407. The van der Waals surface area contributed by atoms with Gasteiger partial charge in [0.1, 0.15) is 10.3 Å². The summed E-state index contributed by atoms with van der Waals surface area (Å²) in [6.45, 7) is 0. The van der Waals surface area contributed by atoms with Gasteiger partial charge in [0.2, 0.25) is 0 Å². The predicted octanol–water partition coefficient (Wildman–Crippen LogP) is 11.3. The smallest absolute Gasteiger partial charge is 0.176 e. The molecular formula is C36H18ClN3S2. The molecule has 0 spiro atoms. The Labute approximate surface area is 251 Å². The molecular weight excluding hydrogens is 574 g/mol. The lowest BCUT2D eigenvalue weighted by atomic mass is 9.97. The molecule has 0 saturated heterocycles. The molecule has 6 aromatic carbocycles. The van der Waals surface area contributed by atoms with E-state index in [4.69, 9.17) is 21.6 Å². The van der Waals surface area contributed by atoms with Gasteiger partial charge in [-0.1, -0.05) is 103 Å². The Hall–Kier alpha value is -4.55. The minimum Gasteiger partial charge on any atom is -0.290 e. The van der Waals surface area contributed by atoms with Crippen molar-refractivity contribution in [2.75, 3.05) is 0 Å². The van der Waals surface area contributed by atoms with Crippen molar-refractivity contribution in [3.05, 3.63) is 114 Å². The van der Waals surface area contributed by atoms with Crippen molar-refractivity contribution < 1.29 is 0 Å². The van der Waals surface area contributed by atoms with Crippen molar-refractivity contribution in [1.29, 1.82) is 0 Å². The molecule has 4 aromatic heterocycles. The average molecular weight is 592 g/mol. The number of para-hydroxylation sites is 1. The molecule has 0 radical (unpaired) electrons. The van der Waals surface area contributed by atoms with Gasteiger partial charge in [-0.05, 0) is 39.7 Å². The SMILES string of the molecule is Clc1nc2sc3ccccc3c2nc1-n1c2ccccc2c2c3ccccc3c3c(sc4ccc5ccccc5c43)c21. The third-order valence-corrected chi connectivity index (χ3v) is 11.0. The van der Waals surface area contributed by atoms with Crippen LogP contribution in [0.1, 0.15) is 0 Å². The van der Waals surface area contributed by atoms with E-state index in [-0.39, 0.29) is 0 Å². The fourth-order valence-corrected chi connectivity index (χ4v) is 9.35. The normalized spacial score (nSPS) is 12.4. The second-order valence-corrected chi connectivity index (χ2v) is 13.1. The van der Waals surface area contributed by atoms with Crippen LogP contribution in [0.5, 0.6) is 0 Å². The molecule has 4 heterocycles. The van der Waals surface area contributed by atoms with E-state index < -0.39 is 0 Å². The van der Waals surface area contributed by atoms with Gasteiger partial charge in [0.05, 0.1) is 15.7 Å². The Balaban J connectivity index is 1.49. The molecule has 6 heteroatoms. The maximum absolute atomic E-state index is 7.06. The van der Waals surface area contributed by atoms with Crippen LogP contribution in [0.3, 0.4) is 0 Å². The molecule has 0 bridgehead atoms. The fourth-order valence-electron chi connectivity index (χ4n) is 6.80. The highest BCUT2D eigenvalue weighted by Gasteiger charge is 2.24. The highest BCUT2D eigenvalue weighted by atomic mass is 35.5. The number of hydrogen-bond donors (Lipinski definition) is 0. The van der Waals surface area contributed by atoms with Crippen molar-refractivity contribution in [2.24, 2.45) is 0 Å². The lowest BCUT2D eigenvalue weighted by molar-refractivity contribution is 1.08. The van der Waals surface area contributed by atoms with Crippen molar-refractivity contribution in [3.63, 3.8) is 0 Å². The highest BCUT2D eigenvalue weighted by molar-refractivity contribution is 7.27. The number of nitrogens with zero attached hydrogens (tertiary/aromatic N) is 3. The Morgan fingerprint density at radius 1 is 0.548 bits per heavy atom. The van der Waals surface area contributed by atoms with Crippen LogP contribution >= 0.6 is 34.3 Å². The molecule has 0 fully saturated rings. The van der Waals surface area contributed by atoms with Crippen LogP contribution in [-0.2, 0) is 0 Å². The first-order valence-electron chi connectivity index (χ1n) is 13.8. The summed E-state index contributed by atoms with van der Waals surface area (Å²) in [5.74, 6) is 0.665. The zero-order valence-electron chi connectivity index (χ0n) is 21.9. The number of aromatic nitrogens is 3. The van der Waals surface area contributed by atoms with Gasteiger partial charge in [-0.3, -0.25) is 4.57 Å². The lowest BCUT2D eigenvalue weighted by Gasteiger charge is -2.11. The first kappa shape index (κ1) is 23.1. The molecule has 0 N–H and O–H groups in total. The van der Waals surface area contributed by atoms with Gasteiger partial charge < -0.3 is 0 Å². The van der Waals surface area contributed by atoms with E-state index in [0.717, 1.165) is 31.5 Å². The van der Waals surface area contributed by atoms with Gasteiger partial charge in [0.25, 0.3) is 0 Å². The zero-order valence-corrected chi connectivity index (χ0v) is 24.3. The summed E-state index contributed by atoms with van der Waals surface area (Å²) in [5.41, 5.74) is 3.09. The molecule has 10 rings (SSSR count). The van der Waals surface area contributed by atoms with Gasteiger partial charge in [-0.2, -0.15) is 0 Å². The molecule has 0 aliphatic heterocycles. The topological polar surface area (TPSA) is 30.7 Å². The zero-order chi connectivity index (χ0) is 27.5. The van der Waals surface area contributed by atoms with Gasteiger partial charge in [0.15, 0.2) is 11.0 Å². The number of thiophene rings is 2. The third kappa shape index (κ3) is 2.90. The second kappa shape index (κ2) is 8.26. The molecule has 0 aliphatic carbocycles.